The second kappa shape index (κ2) is 5.05. The van der Waals surface area contributed by atoms with Gasteiger partial charge in [-0.2, -0.15) is 0 Å². The molecule has 1 aliphatic carbocycles. The molecule has 1 aliphatic heterocycles. The zero-order chi connectivity index (χ0) is 11.7. The summed E-state index contributed by atoms with van der Waals surface area (Å²) in [5.41, 5.74) is 0. The first kappa shape index (κ1) is 12.4. The van der Waals surface area contributed by atoms with Crippen molar-refractivity contribution in [2.24, 2.45) is 17.8 Å². The van der Waals surface area contributed by atoms with Gasteiger partial charge in [-0.25, -0.2) is 0 Å². The standard InChI is InChI=1S/C14H27NO/c1-10-4-5-13(8-12(10)3)15-7-6-11(2)14(16)9-15/h10-14,16H,4-9H2,1-3H3. The molecule has 1 heterocycles. The molecule has 1 saturated carbocycles. The molecule has 0 amide bonds. The summed E-state index contributed by atoms with van der Waals surface area (Å²) in [5.74, 6) is 2.25. The summed E-state index contributed by atoms with van der Waals surface area (Å²) in [6, 6.07) is 0.744. The minimum absolute atomic E-state index is 0.0941. The van der Waals surface area contributed by atoms with Crippen molar-refractivity contribution in [3.8, 4) is 0 Å². The molecule has 5 atom stereocenters. The van der Waals surface area contributed by atoms with Crippen LogP contribution in [0.5, 0.6) is 0 Å². The van der Waals surface area contributed by atoms with Crippen LogP contribution in [-0.4, -0.2) is 35.2 Å². The molecule has 0 aromatic rings. The van der Waals surface area contributed by atoms with E-state index >= 15 is 0 Å². The van der Waals surface area contributed by atoms with Gasteiger partial charge in [-0.3, -0.25) is 4.90 Å². The number of aliphatic hydroxyl groups excluding tert-OH is 1. The largest absolute Gasteiger partial charge is 0.392 e. The quantitative estimate of drug-likeness (QED) is 0.741. The van der Waals surface area contributed by atoms with Crippen LogP contribution in [0, 0.1) is 17.8 Å². The van der Waals surface area contributed by atoms with Gasteiger partial charge in [0.1, 0.15) is 0 Å². The lowest BCUT2D eigenvalue weighted by Crippen LogP contribution is -2.49. The highest BCUT2D eigenvalue weighted by Gasteiger charge is 2.32. The number of hydrogen-bond acceptors (Lipinski definition) is 2. The Bertz CT molecular complexity index is 207. The zero-order valence-electron chi connectivity index (χ0n) is 11.0. The molecule has 16 heavy (non-hydrogen) atoms. The van der Waals surface area contributed by atoms with E-state index in [0.29, 0.717) is 5.92 Å². The molecule has 1 saturated heterocycles. The molecule has 0 spiro atoms. The summed E-state index contributed by atoms with van der Waals surface area (Å²) in [4.78, 5) is 2.55. The number of nitrogens with zero attached hydrogens (tertiary/aromatic N) is 1. The van der Waals surface area contributed by atoms with Gasteiger partial charge in [0.25, 0.3) is 0 Å². The first-order valence-corrected chi connectivity index (χ1v) is 7.00. The Balaban J connectivity index is 1.88. The fourth-order valence-corrected chi connectivity index (χ4v) is 3.26. The van der Waals surface area contributed by atoms with Crippen molar-refractivity contribution in [3.63, 3.8) is 0 Å². The van der Waals surface area contributed by atoms with E-state index in [-0.39, 0.29) is 6.10 Å². The van der Waals surface area contributed by atoms with E-state index in [9.17, 15) is 5.11 Å². The summed E-state index contributed by atoms with van der Waals surface area (Å²) < 4.78 is 0. The number of hydrogen-bond donors (Lipinski definition) is 1. The zero-order valence-corrected chi connectivity index (χ0v) is 11.0. The maximum absolute atomic E-state index is 9.95. The van der Waals surface area contributed by atoms with Crippen LogP contribution >= 0.6 is 0 Å². The van der Waals surface area contributed by atoms with E-state index < -0.39 is 0 Å². The van der Waals surface area contributed by atoms with Crippen molar-refractivity contribution in [2.45, 2.75) is 58.6 Å². The Morgan fingerprint density at radius 3 is 2.31 bits per heavy atom. The van der Waals surface area contributed by atoms with Gasteiger partial charge >= 0.3 is 0 Å². The van der Waals surface area contributed by atoms with Gasteiger partial charge in [0, 0.05) is 12.6 Å². The van der Waals surface area contributed by atoms with Gasteiger partial charge in [-0.05, 0) is 50.0 Å². The predicted octanol–water partition coefficient (Wildman–Crippen LogP) is 2.51. The third-order valence-corrected chi connectivity index (χ3v) is 5.04. The summed E-state index contributed by atoms with van der Waals surface area (Å²) >= 11 is 0. The molecule has 2 aliphatic rings. The van der Waals surface area contributed by atoms with Crippen LogP contribution < -0.4 is 0 Å². The molecule has 0 radical (unpaired) electrons. The predicted molar refractivity (Wildman–Crippen MR) is 67.3 cm³/mol. The molecular weight excluding hydrogens is 198 g/mol. The van der Waals surface area contributed by atoms with E-state index in [2.05, 4.69) is 25.7 Å². The Hall–Kier alpha value is -0.0800. The lowest BCUT2D eigenvalue weighted by atomic mass is 9.78. The van der Waals surface area contributed by atoms with E-state index in [1.165, 1.54) is 32.2 Å². The van der Waals surface area contributed by atoms with Gasteiger partial charge in [-0.15, -0.1) is 0 Å². The van der Waals surface area contributed by atoms with Crippen molar-refractivity contribution in [3.05, 3.63) is 0 Å². The van der Waals surface area contributed by atoms with E-state index in [1.807, 2.05) is 0 Å². The first-order chi connectivity index (χ1) is 7.58. The molecule has 0 aromatic carbocycles. The van der Waals surface area contributed by atoms with Crippen molar-refractivity contribution in [2.75, 3.05) is 13.1 Å². The van der Waals surface area contributed by atoms with Crippen LogP contribution in [0.15, 0.2) is 0 Å². The van der Waals surface area contributed by atoms with E-state index in [1.54, 1.807) is 0 Å². The third-order valence-electron chi connectivity index (χ3n) is 5.04. The molecule has 0 bridgehead atoms. The SMILES string of the molecule is CC1CCC(N2CCC(C)C(O)C2)CC1C. The monoisotopic (exact) mass is 225 g/mol. The fourth-order valence-electron chi connectivity index (χ4n) is 3.26. The molecule has 94 valence electrons. The first-order valence-electron chi connectivity index (χ1n) is 7.00. The Morgan fingerprint density at radius 2 is 1.69 bits per heavy atom. The van der Waals surface area contributed by atoms with Crippen molar-refractivity contribution in [1.29, 1.82) is 0 Å². The second-order valence-corrected chi connectivity index (χ2v) is 6.25. The molecule has 0 aromatic heterocycles. The maximum Gasteiger partial charge on any atom is 0.0693 e. The molecule has 1 N–H and O–H groups in total. The normalized spacial score (nSPS) is 46.9. The second-order valence-electron chi connectivity index (χ2n) is 6.25. The van der Waals surface area contributed by atoms with Gasteiger partial charge in [0.15, 0.2) is 0 Å². The smallest absolute Gasteiger partial charge is 0.0693 e. The Morgan fingerprint density at radius 1 is 0.938 bits per heavy atom. The van der Waals surface area contributed by atoms with E-state index in [4.69, 9.17) is 0 Å². The topological polar surface area (TPSA) is 23.5 Å². The van der Waals surface area contributed by atoms with Crippen LogP contribution in [0.4, 0.5) is 0 Å². The molecule has 5 unspecified atom stereocenters. The molecular formula is C14H27NO. The molecule has 2 nitrogen and oxygen atoms in total. The molecule has 2 fully saturated rings. The van der Waals surface area contributed by atoms with Gasteiger partial charge < -0.3 is 5.11 Å². The fraction of sp³-hybridized carbons (Fsp3) is 1.00. The van der Waals surface area contributed by atoms with Gasteiger partial charge in [0.05, 0.1) is 6.10 Å². The number of aliphatic hydroxyl groups is 1. The average Bonchev–Trinajstić information content (AvgIpc) is 2.26. The highest BCUT2D eigenvalue weighted by atomic mass is 16.3. The van der Waals surface area contributed by atoms with Crippen LogP contribution in [0.2, 0.25) is 0 Å². The minimum Gasteiger partial charge on any atom is -0.392 e. The van der Waals surface area contributed by atoms with Crippen molar-refractivity contribution in [1.82, 2.24) is 4.90 Å². The van der Waals surface area contributed by atoms with Gasteiger partial charge in [0.2, 0.25) is 0 Å². The van der Waals surface area contributed by atoms with Crippen molar-refractivity contribution >= 4 is 0 Å². The summed E-state index contributed by atoms with van der Waals surface area (Å²) in [6.45, 7) is 9.05. The lowest BCUT2D eigenvalue weighted by Gasteiger charge is -2.43. The van der Waals surface area contributed by atoms with E-state index in [0.717, 1.165) is 24.4 Å². The third kappa shape index (κ3) is 2.60. The summed E-state index contributed by atoms with van der Waals surface area (Å²) in [7, 11) is 0. The number of β-amino-alcohol motifs (C(OH)–C–C–N with tert-alkyl or cyclic N) is 1. The number of likely N-dealkylation sites (tertiary alicyclic amines) is 1. The highest BCUT2D eigenvalue weighted by Crippen LogP contribution is 2.33. The van der Waals surface area contributed by atoms with Gasteiger partial charge in [-0.1, -0.05) is 20.8 Å². The van der Waals surface area contributed by atoms with Crippen molar-refractivity contribution < 1.29 is 5.11 Å². The van der Waals surface area contributed by atoms with Crippen LogP contribution in [-0.2, 0) is 0 Å². The summed E-state index contributed by atoms with van der Waals surface area (Å²) in [6.07, 6.45) is 5.12. The summed E-state index contributed by atoms with van der Waals surface area (Å²) in [5, 5.41) is 9.95. The Kier molecular flexibility index (Phi) is 3.91. The van der Waals surface area contributed by atoms with Crippen LogP contribution in [0.1, 0.15) is 46.5 Å². The molecule has 2 heteroatoms. The number of piperidine rings is 1. The maximum atomic E-state index is 9.95. The molecule has 2 rings (SSSR count). The number of rotatable bonds is 1. The highest BCUT2D eigenvalue weighted by molar-refractivity contribution is 4.86. The minimum atomic E-state index is -0.0941. The van der Waals surface area contributed by atoms with Crippen LogP contribution in [0.25, 0.3) is 0 Å². The van der Waals surface area contributed by atoms with Crippen LogP contribution in [0.3, 0.4) is 0 Å². The average molecular weight is 225 g/mol. The lowest BCUT2D eigenvalue weighted by molar-refractivity contribution is -0.00628. The Labute approximate surface area is 100 Å².